The Morgan fingerprint density at radius 3 is 2.53 bits per heavy atom. The molecule has 1 aliphatic carbocycles. The maximum Gasteiger partial charge on any atom is 0.391 e. The molecule has 0 spiro atoms. The molecule has 0 amide bonds. The predicted molar refractivity (Wildman–Crippen MR) is 103 cm³/mol. The highest BCUT2D eigenvalue weighted by Crippen LogP contribution is 2.41. The summed E-state index contributed by atoms with van der Waals surface area (Å²) in [7, 11) is 0. The molecular weight excluding hydrogens is 431 g/mol. The third-order valence-corrected chi connectivity index (χ3v) is 5.31. The molecule has 1 saturated carbocycles. The summed E-state index contributed by atoms with van der Waals surface area (Å²) in [6, 6.07) is 0.307. The standard InChI is InChI=1S/C19H22ClF5N4O/c1-3-12-16(20)17(29(4-2)28-12)11-9-26-15(7-14(11)30-18(21)22)27-13(10-5-6-10)8-19(23,24)25/h7,9-10,13,18H,3-6,8H2,1-2H3,(H,26,27). The van der Waals surface area contributed by atoms with Crippen LogP contribution in [0.2, 0.25) is 5.02 Å². The topological polar surface area (TPSA) is 52.0 Å². The first-order valence-electron chi connectivity index (χ1n) is 9.66. The summed E-state index contributed by atoms with van der Waals surface area (Å²) >= 11 is 6.40. The zero-order valence-corrected chi connectivity index (χ0v) is 17.2. The Hall–Kier alpha value is -2.10. The number of alkyl halides is 5. The Morgan fingerprint density at radius 2 is 2.00 bits per heavy atom. The summed E-state index contributed by atoms with van der Waals surface area (Å²) in [5.74, 6) is -0.330. The van der Waals surface area contributed by atoms with E-state index in [2.05, 4.69) is 20.1 Å². The lowest BCUT2D eigenvalue weighted by Gasteiger charge is -2.21. The van der Waals surface area contributed by atoms with Gasteiger partial charge in [-0.1, -0.05) is 18.5 Å². The number of nitrogens with one attached hydrogen (secondary N) is 1. The lowest BCUT2D eigenvalue weighted by molar-refractivity contribution is -0.138. The van der Waals surface area contributed by atoms with Crippen molar-refractivity contribution >= 4 is 17.4 Å². The maximum absolute atomic E-state index is 13.1. The number of anilines is 1. The molecule has 1 fully saturated rings. The number of hydrogen-bond donors (Lipinski definition) is 1. The average Bonchev–Trinajstić information content (AvgIpc) is 3.44. The maximum atomic E-state index is 13.1. The van der Waals surface area contributed by atoms with Crippen LogP contribution < -0.4 is 10.1 Å². The van der Waals surface area contributed by atoms with Crippen molar-refractivity contribution in [1.29, 1.82) is 0 Å². The molecular formula is C19H22ClF5N4O. The molecule has 1 N–H and O–H groups in total. The van der Waals surface area contributed by atoms with Crippen LogP contribution in [0.1, 0.15) is 38.8 Å². The van der Waals surface area contributed by atoms with Gasteiger partial charge in [0.05, 0.1) is 28.4 Å². The van der Waals surface area contributed by atoms with E-state index in [4.69, 9.17) is 11.6 Å². The summed E-state index contributed by atoms with van der Waals surface area (Å²) < 4.78 is 71.0. The molecule has 1 atom stereocenters. The first-order chi connectivity index (χ1) is 14.1. The van der Waals surface area contributed by atoms with E-state index in [9.17, 15) is 22.0 Å². The number of rotatable bonds is 9. The smallest absolute Gasteiger partial charge is 0.391 e. The van der Waals surface area contributed by atoms with Gasteiger partial charge in [-0.15, -0.1) is 0 Å². The molecule has 0 aromatic carbocycles. The molecule has 0 aliphatic heterocycles. The van der Waals surface area contributed by atoms with E-state index in [0.29, 0.717) is 42.2 Å². The predicted octanol–water partition coefficient (Wildman–Crippen LogP) is 5.93. The van der Waals surface area contributed by atoms with Gasteiger partial charge in [0.15, 0.2) is 0 Å². The fraction of sp³-hybridized carbons (Fsp3) is 0.579. The molecule has 3 rings (SSSR count). The minimum atomic E-state index is -4.35. The largest absolute Gasteiger partial charge is 0.434 e. The number of pyridine rings is 1. The second-order valence-corrected chi connectivity index (χ2v) is 7.51. The fourth-order valence-electron chi connectivity index (χ4n) is 3.36. The summed E-state index contributed by atoms with van der Waals surface area (Å²) in [5.41, 5.74) is 1.16. The lowest BCUT2D eigenvalue weighted by atomic mass is 10.1. The molecule has 2 heterocycles. The van der Waals surface area contributed by atoms with Crippen LogP contribution in [0.5, 0.6) is 5.75 Å². The van der Waals surface area contributed by atoms with Crippen molar-refractivity contribution in [2.45, 2.75) is 64.9 Å². The normalized spacial score (nSPS) is 15.5. The monoisotopic (exact) mass is 452 g/mol. The van der Waals surface area contributed by atoms with Crippen LogP contribution in [0.4, 0.5) is 27.8 Å². The summed E-state index contributed by atoms with van der Waals surface area (Å²) in [6.45, 7) is 0.980. The Bertz CT molecular complexity index is 883. The van der Waals surface area contributed by atoms with Crippen LogP contribution >= 0.6 is 11.6 Å². The molecule has 0 radical (unpaired) electrons. The lowest BCUT2D eigenvalue weighted by Crippen LogP contribution is -2.29. The number of aryl methyl sites for hydroxylation is 2. The van der Waals surface area contributed by atoms with Gasteiger partial charge in [0.2, 0.25) is 0 Å². The fourth-order valence-corrected chi connectivity index (χ4v) is 3.73. The van der Waals surface area contributed by atoms with E-state index in [0.717, 1.165) is 0 Å². The van der Waals surface area contributed by atoms with Crippen molar-refractivity contribution < 1.29 is 26.7 Å². The average molecular weight is 453 g/mol. The van der Waals surface area contributed by atoms with Gasteiger partial charge in [-0.25, -0.2) is 4.98 Å². The zero-order valence-electron chi connectivity index (χ0n) is 16.4. The third kappa shape index (κ3) is 5.33. The molecule has 5 nitrogen and oxygen atoms in total. The van der Waals surface area contributed by atoms with Crippen molar-refractivity contribution in [3.63, 3.8) is 0 Å². The Kier molecular flexibility index (Phi) is 6.74. The van der Waals surface area contributed by atoms with Gasteiger partial charge in [-0.3, -0.25) is 4.68 Å². The van der Waals surface area contributed by atoms with Gasteiger partial charge in [0.25, 0.3) is 0 Å². The van der Waals surface area contributed by atoms with Crippen LogP contribution in [-0.2, 0) is 13.0 Å². The van der Waals surface area contributed by atoms with Crippen LogP contribution in [0.15, 0.2) is 12.3 Å². The molecule has 0 bridgehead atoms. The number of halogens is 6. The Morgan fingerprint density at radius 1 is 1.30 bits per heavy atom. The number of hydrogen-bond acceptors (Lipinski definition) is 4. The van der Waals surface area contributed by atoms with Gasteiger partial charge in [-0.2, -0.15) is 27.1 Å². The SMILES string of the molecule is CCc1nn(CC)c(-c2cnc(NC(CC(F)(F)F)C3CC3)cc2OC(F)F)c1Cl. The second kappa shape index (κ2) is 8.95. The van der Waals surface area contributed by atoms with Gasteiger partial charge in [0.1, 0.15) is 11.6 Å². The van der Waals surface area contributed by atoms with Crippen molar-refractivity contribution in [2.24, 2.45) is 5.92 Å². The number of aromatic nitrogens is 3. The van der Waals surface area contributed by atoms with Gasteiger partial charge >= 0.3 is 12.8 Å². The molecule has 0 saturated heterocycles. The Labute approximate surface area is 175 Å². The minimum Gasteiger partial charge on any atom is -0.434 e. The first-order valence-corrected chi connectivity index (χ1v) is 10.0. The Balaban J connectivity index is 1.98. The van der Waals surface area contributed by atoms with Crippen molar-refractivity contribution in [3.05, 3.63) is 23.0 Å². The highest BCUT2D eigenvalue weighted by Gasteiger charge is 2.40. The zero-order chi connectivity index (χ0) is 22.1. The van der Waals surface area contributed by atoms with Crippen LogP contribution in [0.3, 0.4) is 0 Å². The second-order valence-electron chi connectivity index (χ2n) is 7.13. The highest BCUT2D eigenvalue weighted by molar-refractivity contribution is 6.33. The van der Waals surface area contributed by atoms with Crippen LogP contribution in [-0.4, -0.2) is 33.6 Å². The molecule has 30 heavy (non-hydrogen) atoms. The van der Waals surface area contributed by atoms with Crippen LogP contribution in [0.25, 0.3) is 11.3 Å². The summed E-state index contributed by atoms with van der Waals surface area (Å²) in [6.07, 6.45) is -2.21. The van der Waals surface area contributed by atoms with Crippen LogP contribution in [0, 0.1) is 5.92 Å². The van der Waals surface area contributed by atoms with E-state index in [1.807, 2.05) is 13.8 Å². The molecule has 11 heteroatoms. The molecule has 1 aliphatic rings. The molecule has 166 valence electrons. The first kappa shape index (κ1) is 22.6. The highest BCUT2D eigenvalue weighted by atomic mass is 35.5. The minimum absolute atomic E-state index is 0.0324. The van der Waals surface area contributed by atoms with E-state index >= 15 is 0 Å². The van der Waals surface area contributed by atoms with E-state index in [1.54, 1.807) is 4.68 Å². The van der Waals surface area contributed by atoms with Crippen molar-refractivity contribution in [1.82, 2.24) is 14.8 Å². The molecule has 1 unspecified atom stereocenters. The van der Waals surface area contributed by atoms with Crippen molar-refractivity contribution in [2.75, 3.05) is 5.32 Å². The van der Waals surface area contributed by atoms with E-state index in [-0.39, 0.29) is 23.0 Å². The molecule has 2 aromatic heterocycles. The van der Waals surface area contributed by atoms with E-state index in [1.165, 1.54) is 12.3 Å². The number of ether oxygens (including phenoxy) is 1. The van der Waals surface area contributed by atoms with Gasteiger partial charge in [-0.05, 0) is 32.1 Å². The van der Waals surface area contributed by atoms with Gasteiger partial charge < -0.3 is 10.1 Å². The van der Waals surface area contributed by atoms with Crippen molar-refractivity contribution in [3.8, 4) is 17.0 Å². The third-order valence-electron chi connectivity index (χ3n) is 4.91. The molecule has 2 aromatic rings. The number of nitrogens with zero attached hydrogens (tertiary/aromatic N) is 3. The summed E-state index contributed by atoms with van der Waals surface area (Å²) in [5, 5.41) is 7.40. The van der Waals surface area contributed by atoms with E-state index < -0.39 is 25.3 Å². The quantitative estimate of drug-likeness (QED) is 0.479. The summed E-state index contributed by atoms with van der Waals surface area (Å²) in [4.78, 5) is 4.15. The van der Waals surface area contributed by atoms with Gasteiger partial charge in [0, 0.05) is 24.8 Å².